The Morgan fingerprint density at radius 1 is 1.33 bits per heavy atom. The Balaban J connectivity index is 4.07. The molecule has 0 heterocycles. The molecule has 12 heavy (non-hydrogen) atoms. The number of rotatable bonds is 5. The van der Waals surface area contributed by atoms with Gasteiger partial charge in [0, 0.05) is 0 Å². The van der Waals surface area contributed by atoms with E-state index in [2.05, 4.69) is 0 Å². The van der Waals surface area contributed by atoms with Gasteiger partial charge in [-0.15, -0.1) is 0 Å². The van der Waals surface area contributed by atoms with Crippen molar-refractivity contribution in [2.75, 3.05) is 6.61 Å². The van der Waals surface area contributed by atoms with Crippen LogP contribution in [0.25, 0.3) is 0 Å². The number of aldehydes is 1. The average Bonchev–Trinajstić information content (AvgIpc) is 2.12. The normalized spacial score (nSPS) is 21.1. The lowest BCUT2D eigenvalue weighted by Gasteiger charge is -2.23. The molecule has 0 aliphatic heterocycles. The van der Waals surface area contributed by atoms with Gasteiger partial charge in [0.05, 0.1) is 18.8 Å². The fraction of sp³-hybridized carbons (Fsp3) is 0.833. The van der Waals surface area contributed by atoms with Crippen LogP contribution in [0.1, 0.15) is 0 Å². The third kappa shape index (κ3) is 2.84. The molecule has 72 valence electrons. The summed E-state index contributed by atoms with van der Waals surface area (Å²) in [6.07, 6.45) is -4.45. The molecule has 0 aliphatic carbocycles. The van der Waals surface area contributed by atoms with Crippen LogP contribution in [0.15, 0.2) is 0 Å². The molecule has 0 aliphatic rings. The summed E-state index contributed by atoms with van der Waals surface area (Å²) in [5, 5.41) is 35.0. The molecule has 4 atom stereocenters. The second-order valence-corrected chi connectivity index (χ2v) is 2.44. The van der Waals surface area contributed by atoms with E-state index in [1.165, 1.54) is 0 Å². The van der Waals surface area contributed by atoms with Crippen molar-refractivity contribution in [1.29, 1.82) is 0 Å². The van der Waals surface area contributed by atoms with Crippen LogP contribution in [0.4, 0.5) is 0 Å². The second kappa shape index (κ2) is 5.18. The van der Waals surface area contributed by atoms with E-state index < -0.39 is 31.0 Å². The Kier molecular flexibility index (Phi) is 4.95. The van der Waals surface area contributed by atoms with Crippen LogP contribution >= 0.6 is 0 Å². The van der Waals surface area contributed by atoms with Crippen molar-refractivity contribution < 1.29 is 25.2 Å². The maximum atomic E-state index is 9.95. The largest absolute Gasteiger partial charge is 0.394 e. The van der Waals surface area contributed by atoms with Crippen molar-refractivity contribution >= 4 is 6.29 Å². The number of nitrogens with two attached hydrogens (primary N) is 1. The van der Waals surface area contributed by atoms with Crippen molar-refractivity contribution in [2.45, 2.75) is 24.4 Å². The first kappa shape index (κ1) is 11.5. The van der Waals surface area contributed by atoms with Gasteiger partial charge in [0.2, 0.25) is 0 Å². The summed E-state index contributed by atoms with van der Waals surface area (Å²) in [6, 6.07) is -1.24. The molecule has 0 fully saturated rings. The fourth-order valence-corrected chi connectivity index (χ4v) is 0.658. The van der Waals surface area contributed by atoms with Crippen molar-refractivity contribution in [1.82, 2.24) is 0 Å². The van der Waals surface area contributed by atoms with Gasteiger partial charge in [-0.25, -0.2) is 0 Å². The van der Waals surface area contributed by atoms with Crippen LogP contribution in [0, 0.1) is 0 Å². The minimum Gasteiger partial charge on any atom is -0.394 e. The van der Waals surface area contributed by atoms with Crippen LogP contribution in [-0.2, 0) is 4.79 Å². The van der Waals surface area contributed by atoms with Crippen molar-refractivity contribution in [3.05, 3.63) is 0 Å². The molecule has 0 spiro atoms. The van der Waals surface area contributed by atoms with E-state index >= 15 is 0 Å². The number of hydrogen-bond donors (Lipinski definition) is 5. The monoisotopic (exact) mass is 179 g/mol. The molecule has 0 aromatic heterocycles. The summed E-state index contributed by atoms with van der Waals surface area (Å²) in [7, 11) is 0. The summed E-state index contributed by atoms with van der Waals surface area (Å²) in [6.45, 7) is -0.635. The van der Waals surface area contributed by atoms with E-state index in [4.69, 9.17) is 26.2 Å². The quantitative estimate of drug-likeness (QED) is 0.280. The SMILES string of the molecule is N[C@H]([C@@H](O)[C@H](O)C=O)[C@H](O)CO. The zero-order chi connectivity index (χ0) is 9.72. The van der Waals surface area contributed by atoms with Crippen LogP contribution in [0.5, 0.6) is 0 Å². The van der Waals surface area contributed by atoms with Gasteiger partial charge in [-0.05, 0) is 0 Å². The second-order valence-electron chi connectivity index (χ2n) is 2.44. The molecular formula is C6H13NO5. The Labute approximate surface area is 69.2 Å². The first-order valence-corrected chi connectivity index (χ1v) is 3.40. The minimum atomic E-state index is -1.64. The summed E-state index contributed by atoms with van der Waals surface area (Å²) in [5.41, 5.74) is 5.17. The van der Waals surface area contributed by atoms with Crippen molar-refractivity contribution in [2.24, 2.45) is 5.73 Å². The number of aliphatic hydroxyl groups is 4. The summed E-state index contributed by atoms with van der Waals surface area (Å²) in [4.78, 5) is 9.95. The fourth-order valence-electron chi connectivity index (χ4n) is 0.658. The molecule has 0 amide bonds. The van der Waals surface area contributed by atoms with E-state index in [9.17, 15) is 4.79 Å². The molecule has 0 aromatic rings. The predicted octanol–water partition coefficient (Wildman–Crippen LogP) is -3.41. The van der Waals surface area contributed by atoms with Gasteiger partial charge < -0.3 is 31.0 Å². The van der Waals surface area contributed by atoms with Gasteiger partial charge in [-0.3, -0.25) is 0 Å². The molecule has 0 saturated heterocycles. The number of carbonyl (C=O) groups excluding carboxylic acids is 1. The van der Waals surface area contributed by atoms with Crippen molar-refractivity contribution in [3.8, 4) is 0 Å². The lowest BCUT2D eigenvalue weighted by molar-refractivity contribution is -0.122. The molecule has 0 aromatic carbocycles. The molecule has 0 bridgehead atoms. The lowest BCUT2D eigenvalue weighted by atomic mass is 10.0. The molecule has 6 N–H and O–H groups in total. The van der Waals surface area contributed by atoms with E-state index in [0.29, 0.717) is 0 Å². The van der Waals surface area contributed by atoms with Crippen LogP contribution in [-0.4, -0.2) is 57.7 Å². The molecule has 6 nitrogen and oxygen atoms in total. The summed E-state index contributed by atoms with van der Waals surface area (Å²) < 4.78 is 0. The third-order valence-corrected chi connectivity index (χ3v) is 1.52. The van der Waals surface area contributed by atoms with Gasteiger partial charge in [-0.1, -0.05) is 0 Å². The van der Waals surface area contributed by atoms with E-state index in [1.807, 2.05) is 0 Å². The zero-order valence-electron chi connectivity index (χ0n) is 6.37. The maximum absolute atomic E-state index is 9.95. The van der Waals surface area contributed by atoms with E-state index in [1.54, 1.807) is 0 Å². The molecule has 0 unspecified atom stereocenters. The highest BCUT2D eigenvalue weighted by atomic mass is 16.3. The summed E-state index contributed by atoms with van der Waals surface area (Å²) >= 11 is 0. The van der Waals surface area contributed by atoms with E-state index in [0.717, 1.165) is 0 Å². The Hall–Kier alpha value is -0.530. The predicted molar refractivity (Wildman–Crippen MR) is 39.1 cm³/mol. The summed E-state index contributed by atoms with van der Waals surface area (Å²) in [5.74, 6) is 0. The lowest BCUT2D eigenvalue weighted by Crippen LogP contribution is -2.51. The topological polar surface area (TPSA) is 124 Å². The van der Waals surface area contributed by atoms with Crippen LogP contribution in [0.3, 0.4) is 0 Å². The first-order chi connectivity index (χ1) is 5.54. The van der Waals surface area contributed by atoms with Gasteiger partial charge in [0.15, 0.2) is 6.29 Å². The molecule has 0 saturated carbocycles. The van der Waals surface area contributed by atoms with Gasteiger partial charge in [0.1, 0.15) is 12.2 Å². The maximum Gasteiger partial charge on any atom is 0.151 e. The Morgan fingerprint density at radius 3 is 2.17 bits per heavy atom. The van der Waals surface area contributed by atoms with Gasteiger partial charge in [-0.2, -0.15) is 0 Å². The Morgan fingerprint density at radius 2 is 1.83 bits per heavy atom. The highest BCUT2D eigenvalue weighted by Crippen LogP contribution is 2.00. The molecule has 6 heteroatoms. The molecular weight excluding hydrogens is 166 g/mol. The zero-order valence-corrected chi connectivity index (χ0v) is 6.37. The Bertz CT molecular complexity index is 142. The third-order valence-electron chi connectivity index (χ3n) is 1.52. The standard InChI is InChI=1S/C6H13NO5/c7-5(3(10)1-8)6(12)4(11)2-9/h2-6,8,10-12H,1,7H2/t3-,4-,5+,6+/m1/s1. The smallest absolute Gasteiger partial charge is 0.151 e. The first-order valence-electron chi connectivity index (χ1n) is 3.40. The number of hydrogen-bond acceptors (Lipinski definition) is 6. The van der Waals surface area contributed by atoms with Crippen molar-refractivity contribution in [3.63, 3.8) is 0 Å². The van der Waals surface area contributed by atoms with Crippen LogP contribution in [0.2, 0.25) is 0 Å². The highest BCUT2D eigenvalue weighted by molar-refractivity contribution is 5.56. The highest BCUT2D eigenvalue weighted by Gasteiger charge is 2.27. The number of carbonyl (C=O) groups is 1. The number of aliphatic hydroxyl groups excluding tert-OH is 4. The van der Waals surface area contributed by atoms with Crippen LogP contribution < -0.4 is 5.73 Å². The average molecular weight is 179 g/mol. The van der Waals surface area contributed by atoms with Gasteiger partial charge in [0.25, 0.3) is 0 Å². The van der Waals surface area contributed by atoms with E-state index in [-0.39, 0.29) is 6.29 Å². The molecule has 0 radical (unpaired) electrons. The molecule has 0 rings (SSSR count). The van der Waals surface area contributed by atoms with Gasteiger partial charge >= 0.3 is 0 Å². The minimum absolute atomic E-state index is 0.106.